The first kappa shape index (κ1) is 24.1. The van der Waals surface area contributed by atoms with E-state index < -0.39 is 17.3 Å². The van der Waals surface area contributed by atoms with Crippen molar-refractivity contribution in [2.75, 3.05) is 44.7 Å². The molecule has 2 aromatic rings. The summed E-state index contributed by atoms with van der Waals surface area (Å²) >= 11 is 1.42. The summed E-state index contributed by atoms with van der Waals surface area (Å²) in [5.74, 6) is -0.0286. The molecule has 2 aromatic carbocycles. The van der Waals surface area contributed by atoms with Crippen molar-refractivity contribution < 1.29 is 19.4 Å². The molecule has 8 heteroatoms. The number of thioether (sulfide) groups is 1. The zero-order valence-corrected chi connectivity index (χ0v) is 19.6. The number of nitrogens with zero attached hydrogens (tertiary/aromatic N) is 2. The molecule has 2 amide bonds. The van der Waals surface area contributed by atoms with Crippen LogP contribution in [0, 0.1) is 0 Å². The number of fused-ring (bicyclic) bond motifs is 1. The van der Waals surface area contributed by atoms with Crippen LogP contribution in [0.1, 0.15) is 24.7 Å². The van der Waals surface area contributed by atoms with Crippen LogP contribution in [0.15, 0.2) is 53.4 Å². The molecule has 32 heavy (non-hydrogen) atoms. The summed E-state index contributed by atoms with van der Waals surface area (Å²) in [5, 5.41) is 13.4. The molecular weight excluding hydrogens is 426 g/mol. The molecule has 2 N–H and O–H groups in total. The van der Waals surface area contributed by atoms with Crippen LogP contribution in [-0.4, -0.2) is 67.8 Å². The van der Waals surface area contributed by atoms with Crippen molar-refractivity contribution in [1.29, 1.82) is 0 Å². The van der Waals surface area contributed by atoms with E-state index in [2.05, 4.69) is 24.1 Å². The van der Waals surface area contributed by atoms with E-state index in [1.165, 1.54) is 16.7 Å². The first-order valence-electron chi connectivity index (χ1n) is 10.9. The summed E-state index contributed by atoms with van der Waals surface area (Å²) in [4.78, 5) is 30.4. The van der Waals surface area contributed by atoms with E-state index in [0.29, 0.717) is 18.0 Å². The van der Waals surface area contributed by atoms with E-state index in [1.807, 2.05) is 48.5 Å². The van der Waals surface area contributed by atoms with E-state index in [-0.39, 0.29) is 12.5 Å². The van der Waals surface area contributed by atoms with Gasteiger partial charge in [-0.3, -0.25) is 14.5 Å². The number of ether oxygens (including phenoxy) is 1. The van der Waals surface area contributed by atoms with Crippen molar-refractivity contribution in [3.63, 3.8) is 0 Å². The van der Waals surface area contributed by atoms with Gasteiger partial charge in [0.25, 0.3) is 5.91 Å². The summed E-state index contributed by atoms with van der Waals surface area (Å²) in [5.41, 5.74) is 1.45. The molecule has 172 valence electrons. The number of methoxy groups -OCH3 is 1. The largest absolute Gasteiger partial charge is 0.497 e. The Morgan fingerprint density at radius 3 is 2.50 bits per heavy atom. The predicted octanol–water partition coefficient (Wildman–Crippen LogP) is 2.69. The van der Waals surface area contributed by atoms with Gasteiger partial charge in [0.15, 0.2) is 0 Å². The highest BCUT2D eigenvalue weighted by Crippen LogP contribution is 2.45. The van der Waals surface area contributed by atoms with Gasteiger partial charge in [-0.2, -0.15) is 0 Å². The van der Waals surface area contributed by atoms with Gasteiger partial charge < -0.3 is 20.1 Å². The van der Waals surface area contributed by atoms with Crippen LogP contribution in [0.2, 0.25) is 0 Å². The zero-order valence-electron chi connectivity index (χ0n) is 18.8. The summed E-state index contributed by atoms with van der Waals surface area (Å²) < 4.78 is 5.22. The Bertz CT molecular complexity index is 918. The number of rotatable bonds is 9. The van der Waals surface area contributed by atoms with Crippen molar-refractivity contribution in [3.8, 4) is 5.75 Å². The lowest BCUT2D eigenvalue weighted by Crippen LogP contribution is -2.46. The standard InChI is InChI=1S/C24H31N3O4S/c1-4-26(5-2)15-14-25-21(28)16-27-19-8-6-7-9-20(19)32-23(22(29)24(27)30)17-10-12-18(31-3)13-11-17/h6-13,22-23,29H,4-5,14-16H2,1-3H3,(H,25,28)/t22-,23+/m1/s1. The third-order valence-electron chi connectivity index (χ3n) is 5.61. The molecule has 1 heterocycles. The molecule has 0 saturated heterocycles. The fraction of sp³-hybridized carbons (Fsp3) is 0.417. The molecule has 0 fully saturated rings. The second-order valence-corrected chi connectivity index (χ2v) is 8.71. The molecule has 0 radical (unpaired) electrons. The second-order valence-electron chi connectivity index (χ2n) is 7.53. The minimum atomic E-state index is -1.29. The van der Waals surface area contributed by atoms with Gasteiger partial charge in [0, 0.05) is 18.0 Å². The van der Waals surface area contributed by atoms with E-state index >= 15 is 0 Å². The molecule has 2 atom stereocenters. The van der Waals surface area contributed by atoms with Crippen LogP contribution in [0.3, 0.4) is 0 Å². The summed E-state index contributed by atoms with van der Waals surface area (Å²) in [7, 11) is 1.59. The van der Waals surface area contributed by atoms with E-state index in [0.717, 1.165) is 30.1 Å². The number of anilines is 1. The summed E-state index contributed by atoms with van der Waals surface area (Å²) in [6.45, 7) is 7.12. The number of para-hydroxylation sites is 1. The number of likely N-dealkylation sites (N-methyl/N-ethyl adjacent to an activating group) is 1. The lowest BCUT2D eigenvalue weighted by molar-refractivity contribution is -0.129. The number of benzene rings is 2. The van der Waals surface area contributed by atoms with Crippen LogP contribution >= 0.6 is 11.8 Å². The third kappa shape index (κ3) is 5.62. The number of carbonyl (C=O) groups is 2. The highest BCUT2D eigenvalue weighted by atomic mass is 32.2. The molecule has 0 unspecified atom stereocenters. The Hall–Kier alpha value is -2.55. The molecule has 7 nitrogen and oxygen atoms in total. The number of hydrogen-bond donors (Lipinski definition) is 2. The van der Waals surface area contributed by atoms with Crippen LogP contribution < -0.4 is 15.0 Å². The Balaban J connectivity index is 1.79. The van der Waals surface area contributed by atoms with Crippen molar-refractivity contribution in [3.05, 3.63) is 54.1 Å². The number of amides is 2. The maximum atomic E-state index is 13.3. The Labute approximate surface area is 193 Å². The number of aliphatic hydroxyl groups excluding tert-OH is 1. The molecule has 3 rings (SSSR count). The van der Waals surface area contributed by atoms with Gasteiger partial charge in [-0.05, 0) is 42.9 Å². The number of aliphatic hydroxyl groups is 1. The van der Waals surface area contributed by atoms with Gasteiger partial charge >= 0.3 is 0 Å². The molecule has 1 aliphatic heterocycles. The van der Waals surface area contributed by atoms with Gasteiger partial charge in [0.05, 0.1) is 18.0 Å². The van der Waals surface area contributed by atoms with Crippen molar-refractivity contribution in [2.45, 2.75) is 30.1 Å². The molecule has 0 spiro atoms. The number of nitrogens with one attached hydrogen (secondary N) is 1. The first-order valence-corrected chi connectivity index (χ1v) is 11.7. The highest BCUT2D eigenvalue weighted by Gasteiger charge is 2.37. The highest BCUT2D eigenvalue weighted by molar-refractivity contribution is 7.99. The average molecular weight is 458 g/mol. The van der Waals surface area contributed by atoms with Crippen LogP contribution in [-0.2, 0) is 9.59 Å². The molecule has 0 saturated carbocycles. The third-order valence-corrected chi connectivity index (χ3v) is 6.99. The SMILES string of the molecule is CCN(CC)CCNC(=O)CN1C(=O)[C@H](O)[C@H](c2ccc(OC)cc2)Sc2ccccc21. The molecule has 1 aliphatic rings. The lowest BCUT2D eigenvalue weighted by atomic mass is 10.1. The maximum Gasteiger partial charge on any atom is 0.257 e. The van der Waals surface area contributed by atoms with E-state index in [1.54, 1.807) is 7.11 Å². The van der Waals surface area contributed by atoms with E-state index in [4.69, 9.17) is 4.74 Å². The van der Waals surface area contributed by atoms with Gasteiger partial charge in [-0.15, -0.1) is 11.8 Å². The predicted molar refractivity (Wildman–Crippen MR) is 127 cm³/mol. The van der Waals surface area contributed by atoms with Gasteiger partial charge in [-0.25, -0.2) is 0 Å². The fourth-order valence-electron chi connectivity index (χ4n) is 3.69. The molecule has 0 bridgehead atoms. The number of hydrogen-bond acceptors (Lipinski definition) is 6. The summed E-state index contributed by atoms with van der Waals surface area (Å²) in [6, 6.07) is 14.8. The smallest absolute Gasteiger partial charge is 0.257 e. The van der Waals surface area contributed by atoms with Gasteiger partial charge in [0.1, 0.15) is 18.4 Å². The van der Waals surface area contributed by atoms with Gasteiger partial charge in [-0.1, -0.05) is 38.1 Å². The molecule has 0 aliphatic carbocycles. The minimum absolute atomic E-state index is 0.138. The normalized spacial score (nSPS) is 18.3. The average Bonchev–Trinajstić information content (AvgIpc) is 2.92. The molecular formula is C24H31N3O4S. The van der Waals surface area contributed by atoms with Gasteiger partial charge in [0.2, 0.25) is 5.91 Å². The van der Waals surface area contributed by atoms with Crippen molar-refractivity contribution in [2.24, 2.45) is 0 Å². The van der Waals surface area contributed by atoms with Crippen LogP contribution in [0.5, 0.6) is 5.75 Å². The Morgan fingerprint density at radius 2 is 1.84 bits per heavy atom. The van der Waals surface area contributed by atoms with E-state index in [9.17, 15) is 14.7 Å². The zero-order chi connectivity index (χ0) is 23.1. The topological polar surface area (TPSA) is 82.1 Å². The number of carbonyl (C=O) groups excluding carboxylic acids is 2. The van der Waals surface area contributed by atoms with Crippen LogP contribution in [0.4, 0.5) is 5.69 Å². The maximum absolute atomic E-state index is 13.3. The second kappa shape index (κ2) is 11.4. The summed E-state index contributed by atoms with van der Waals surface area (Å²) in [6.07, 6.45) is -1.29. The first-order chi connectivity index (χ1) is 15.5. The monoisotopic (exact) mass is 457 g/mol. The van der Waals surface area contributed by atoms with Crippen LogP contribution in [0.25, 0.3) is 0 Å². The quantitative estimate of drug-likeness (QED) is 0.603. The lowest BCUT2D eigenvalue weighted by Gasteiger charge is -2.25. The van der Waals surface area contributed by atoms with Crippen molar-refractivity contribution >= 4 is 29.3 Å². The molecule has 0 aromatic heterocycles. The fourth-order valence-corrected chi connectivity index (χ4v) is 4.96. The van der Waals surface area contributed by atoms with Crippen molar-refractivity contribution in [1.82, 2.24) is 10.2 Å². The Morgan fingerprint density at radius 1 is 1.16 bits per heavy atom. The minimum Gasteiger partial charge on any atom is -0.497 e. The Kier molecular flexibility index (Phi) is 8.55.